The first-order valence-electron chi connectivity index (χ1n) is 8.40. The fraction of sp³-hybridized carbons (Fsp3) is 0.143. The van der Waals surface area contributed by atoms with E-state index in [0.29, 0.717) is 5.75 Å². The third kappa shape index (κ3) is 3.00. The minimum atomic E-state index is -1.52. The number of hydrogen-bond donors (Lipinski definition) is 1. The van der Waals surface area contributed by atoms with Crippen molar-refractivity contribution < 1.29 is 13.1 Å². The highest BCUT2D eigenvalue weighted by molar-refractivity contribution is 7.78. The molecule has 4 rings (SSSR count). The number of hydrogen-bond acceptors (Lipinski definition) is 3. The minimum Gasteiger partial charge on any atom is -0.496 e. The standard InChI is InChI=1S/C21H19NO3S/c1-14-17-7-5-8-19(21(17)25-26(23)22-14)16-12-10-15(11-13-16)18-6-3-4-9-20(18)24-2/h3-14,22H,1-2H3. The summed E-state index contributed by atoms with van der Waals surface area (Å²) in [4.78, 5) is 0. The summed E-state index contributed by atoms with van der Waals surface area (Å²) in [7, 11) is 1.68. The van der Waals surface area contributed by atoms with E-state index in [4.69, 9.17) is 8.92 Å². The van der Waals surface area contributed by atoms with Gasteiger partial charge in [-0.05, 0) is 24.1 Å². The molecule has 3 aromatic rings. The molecule has 1 aliphatic rings. The Morgan fingerprint density at radius 2 is 1.58 bits per heavy atom. The Morgan fingerprint density at radius 3 is 2.31 bits per heavy atom. The van der Waals surface area contributed by atoms with E-state index in [2.05, 4.69) is 29.0 Å². The first-order valence-corrected chi connectivity index (χ1v) is 9.48. The highest BCUT2D eigenvalue weighted by Crippen LogP contribution is 2.40. The van der Waals surface area contributed by atoms with Crippen LogP contribution in [0.1, 0.15) is 18.5 Å². The van der Waals surface area contributed by atoms with E-state index in [9.17, 15) is 4.21 Å². The van der Waals surface area contributed by atoms with Crippen molar-refractivity contribution in [2.45, 2.75) is 13.0 Å². The second-order valence-electron chi connectivity index (χ2n) is 6.16. The van der Waals surface area contributed by atoms with Crippen molar-refractivity contribution in [3.05, 3.63) is 72.3 Å². The van der Waals surface area contributed by atoms with Gasteiger partial charge in [-0.1, -0.05) is 60.7 Å². The van der Waals surface area contributed by atoms with Gasteiger partial charge in [-0.15, -0.1) is 0 Å². The molecule has 0 saturated heterocycles. The molecular formula is C21H19NO3S. The van der Waals surface area contributed by atoms with Crippen molar-refractivity contribution in [3.8, 4) is 33.8 Å². The Balaban J connectivity index is 1.75. The van der Waals surface area contributed by atoms with Crippen molar-refractivity contribution in [1.29, 1.82) is 0 Å². The lowest BCUT2D eigenvalue weighted by Crippen LogP contribution is -2.30. The van der Waals surface area contributed by atoms with Gasteiger partial charge >= 0.3 is 0 Å². The van der Waals surface area contributed by atoms with Crippen LogP contribution < -0.4 is 13.6 Å². The summed E-state index contributed by atoms with van der Waals surface area (Å²) in [6.45, 7) is 1.98. The van der Waals surface area contributed by atoms with Crippen LogP contribution >= 0.6 is 0 Å². The second-order valence-corrected chi connectivity index (χ2v) is 7.03. The van der Waals surface area contributed by atoms with Crippen LogP contribution in [-0.2, 0) is 11.3 Å². The van der Waals surface area contributed by atoms with Crippen LogP contribution in [0.25, 0.3) is 22.3 Å². The summed E-state index contributed by atoms with van der Waals surface area (Å²) >= 11 is -1.52. The van der Waals surface area contributed by atoms with E-state index < -0.39 is 11.3 Å². The second kappa shape index (κ2) is 6.94. The van der Waals surface area contributed by atoms with Gasteiger partial charge in [0.15, 0.2) is 5.75 Å². The van der Waals surface area contributed by atoms with Gasteiger partial charge in [0.05, 0.1) is 7.11 Å². The largest absolute Gasteiger partial charge is 0.496 e. The van der Waals surface area contributed by atoms with Gasteiger partial charge in [0, 0.05) is 22.7 Å². The predicted molar refractivity (Wildman–Crippen MR) is 104 cm³/mol. The lowest BCUT2D eigenvalue weighted by Gasteiger charge is -2.24. The Hall–Kier alpha value is -2.63. The van der Waals surface area contributed by atoms with E-state index >= 15 is 0 Å². The minimum absolute atomic E-state index is 0.0209. The molecule has 0 amide bonds. The molecule has 2 unspecified atom stereocenters. The van der Waals surface area contributed by atoms with Crippen LogP contribution in [0.5, 0.6) is 11.5 Å². The fourth-order valence-corrected chi connectivity index (χ4v) is 4.04. The van der Waals surface area contributed by atoms with Crippen LogP contribution in [0.3, 0.4) is 0 Å². The quantitative estimate of drug-likeness (QED) is 0.735. The van der Waals surface area contributed by atoms with Crippen LogP contribution in [0, 0.1) is 0 Å². The monoisotopic (exact) mass is 365 g/mol. The Morgan fingerprint density at radius 1 is 0.923 bits per heavy atom. The molecule has 0 radical (unpaired) electrons. The van der Waals surface area contributed by atoms with Gasteiger partial charge in [-0.2, -0.15) is 8.93 Å². The topological polar surface area (TPSA) is 47.6 Å². The average molecular weight is 365 g/mol. The normalized spacial score (nSPS) is 18.7. The molecule has 0 bridgehead atoms. The number of fused-ring (bicyclic) bond motifs is 1. The number of ether oxygens (including phenoxy) is 1. The van der Waals surface area contributed by atoms with Gasteiger partial charge in [0.25, 0.3) is 11.3 Å². The van der Waals surface area contributed by atoms with Gasteiger partial charge in [-0.25, -0.2) is 0 Å². The maximum absolute atomic E-state index is 11.9. The smallest absolute Gasteiger partial charge is 0.288 e. The zero-order valence-corrected chi connectivity index (χ0v) is 15.4. The van der Waals surface area contributed by atoms with E-state index in [0.717, 1.165) is 33.6 Å². The van der Waals surface area contributed by atoms with Crippen molar-refractivity contribution in [2.75, 3.05) is 7.11 Å². The first kappa shape index (κ1) is 16.8. The Kier molecular flexibility index (Phi) is 4.49. The molecule has 3 aromatic carbocycles. The summed E-state index contributed by atoms with van der Waals surface area (Å²) in [5, 5.41) is 0. The molecule has 4 nitrogen and oxygen atoms in total. The summed E-state index contributed by atoms with van der Waals surface area (Å²) in [5.74, 6) is 1.53. The molecule has 132 valence electrons. The number of benzene rings is 3. The van der Waals surface area contributed by atoms with Gasteiger partial charge in [0.2, 0.25) is 0 Å². The molecule has 0 aliphatic carbocycles. The summed E-state index contributed by atoms with van der Waals surface area (Å²) in [6.07, 6.45) is 0. The average Bonchev–Trinajstić information content (AvgIpc) is 2.67. The van der Waals surface area contributed by atoms with Crippen molar-refractivity contribution >= 4 is 11.3 Å². The first-order chi connectivity index (χ1) is 12.7. The third-order valence-electron chi connectivity index (χ3n) is 4.56. The van der Waals surface area contributed by atoms with Gasteiger partial charge in [-0.3, -0.25) is 0 Å². The molecule has 0 fully saturated rings. The molecule has 26 heavy (non-hydrogen) atoms. The summed E-state index contributed by atoms with van der Waals surface area (Å²) < 4.78 is 25.8. The van der Waals surface area contributed by atoms with E-state index in [1.807, 2.05) is 49.4 Å². The Bertz CT molecular complexity index is 969. The Labute approximate surface area is 155 Å². The number of para-hydroxylation sites is 2. The SMILES string of the molecule is COc1ccccc1-c1ccc(-c2cccc3c2OS(=O)NC3C)cc1. The van der Waals surface area contributed by atoms with Crippen LogP contribution in [0.15, 0.2) is 66.7 Å². The van der Waals surface area contributed by atoms with E-state index in [-0.39, 0.29) is 6.04 Å². The molecular weight excluding hydrogens is 346 g/mol. The van der Waals surface area contributed by atoms with Crippen molar-refractivity contribution in [2.24, 2.45) is 0 Å². The number of rotatable bonds is 3. The molecule has 5 heteroatoms. The number of nitrogens with one attached hydrogen (secondary N) is 1. The lowest BCUT2D eigenvalue weighted by molar-refractivity contribution is 0.416. The highest BCUT2D eigenvalue weighted by atomic mass is 32.2. The van der Waals surface area contributed by atoms with Crippen molar-refractivity contribution in [1.82, 2.24) is 4.72 Å². The zero-order chi connectivity index (χ0) is 18.1. The highest BCUT2D eigenvalue weighted by Gasteiger charge is 2.25. The van der Waals surface area contributed by atoms with E-state index in [1.165, 1.54) is 0 Å². The molecule has 1 heterocycles. The molecule has 2 atom stereocenters. The van der Waals surface area contributed by atoms with Crippen LogP contribution in [0.4, 0.5) is 0 Å². The summed E-state index contributed by atoms with van der Waals surface area (Å²) in [6, 6.07) is 22.1. The van der Waals surface area contributed by atoms with Gasteiger partial charge in [0.1, 0.15) is 5.75 Å². The maximum Gasteiger partial charge on any atom is 0.288 e. The fourth-order valence-electron chi connectivity index (χ4n) is 3.24. The maximum atomic E-state index is 11.9. The molecule has 1 aliphatic heterocycles. The third-order valence-corrected chi connectivity index (χ3v) is 5.42. The van der Waals surface area contributed by atoms with Gasteiger partial charge < -0.3 is 8.92 Å². The van der Waals surface area contributed by atoms with Crippen LogP contribution in [0.2, 0.25) is 0 Å². The van der Waals surface area contributed by atoms with Crippen LogP contribution in [-0.4, -0.2) is 11.3 Å². The molecule has 0 spiro atoms. The summed E-state index contributed by atoms with van der Waals surface area (Å²) in [5.41, 5.74) is 5.10. The molecule has 1 N–H and O–H groups in total. The zero-order valence-electron chi connectivity index (χ0n) is 14.6. The predicted octanol–water partition coefficient (Wildman–Crippen LogP) is 4.65. The van der Waals surface area contributed by atoms with E-state index in [1.54, 1.807) is 7.11 Å². The lowest BCUT2D eigenvalue weighted by atomic mass is 9.96. The number of methoxy groups -OCH3 is 1. The molecule has 0 aromatic heterocycles. The van der Waals surface area contributed by atoms with Crippen molar-refractivity contribution in [3.63, 3.8) is 0 Å². The molecule has 0 saturated carbocycles.